The van der Waals surface area contributed by atoms with Crippen LogP contribution in [0.4, 0.5) is 0 Å². The molecular formula is C12H24N2O2. The summed E-state index contributed by atoms with van der Waals surface area (Å²) in [6.45, 7) is 2.17. The van der Waals surface area contributed by atoms with Crippen LogP contribution in [-0.2, 0) is 4.79 Å². The number of nitrogens with two attached hydrogens (primary N) is 1. The predicted octanol–water partition coefficient (Wildman–Crippen LogP) is 1.33. The third-order valence-electron chi connectivity index (χ3n) is 3.68. The number of aliphatic hydroxyl groups is 1. The van der Waals surface area contributed by atoms with Crippen LogP contribution in [0.25, 0.3) is 0 Å². The van der Waals surface area contributed by atoms with Crippen LogP contribution >= 0.6 is 0 Å². The van der Waals surface area contributed by atoms with Gasteiger partial charge >= 0.3 is 0 Å². The first kappa shape index (κ1) is 13.5. The third-order valence-corrected chi connectivity index (χ3v) is 3.68. The summed E-state index contributed by atoms with van der Waals surface area (Å²) in [5, 5.41) is 9.88. The van der Waals surface area contributed by atoms with Crippen molar-refractivity contribution in [1.29, 1.82) is 0 Å². The summed E-state index contributed by atoms with van der Waals surface area (Å²) >= 11 is 0. The highest BCUT2D eigenvalue weighted by atomic mass is 16.3. The van der Waals surface area contributed by atoms with Crippen LogP contribution in [0.3, 0.4) is 0 Å². The van der Waals surface area contributed by atoms with Crippen molar-refractivity contribution in [3.05, 3.63) is 0 Å². The highest BCUT2D eigenvalue weighted by Gasteiger charge is 2.35. The Morgan fingerprint density at radius 3 is 2.81 bits per heavy atom. The number of hydrazine groups is 1. The molecule has 94 valence electrons. The molecule has 4 nitrogen and oxygen atoms in total. The Bertz CT molecular complexity index is 221. The normalized spacial score (nSPS) is 29.3. The van der Waals surface area contributed by atoms with E-state index in [1.54, 1.807) is 0 Å². The Morgan fingerprint density at radius 1 is 1.44 bits per heavy atom. The maximum atomic E-state index is 11.2. The number of amides is 1. The summed E-state index contributed by atoms with van der Waals surface area (Å²) < 4.78 is 0. The Morgan fingerprint density at radius 2 is 2.19 bits per heavy atom. The van der Waals surface area contributed by atoms with Crippen LogP contribution in [-0.4, -0.2) is 17.1 Å². The highest BCUT2D eigenvalue weighted by molar-refractivity contribution is 5.75. The fraction of sp³-hybridized carbons (Fsp3) is 0.917. The van der Waals surface area contributed by atoms with Gasteiger partial charge in [0.2, 0.25) is 5.91 Å². The van der Waals surface area contributed by atoms with Gasteiger partial charge in [-0.25, -0.2) is 5.84 Å². The lowest BCUT2D eigenvalue weighted by Crippen LogP contribution is -2.33. The van der Waals surface area contributed by atoms with Crippen molar-refractivity contribution in [2.75, 3.05) is 0 Å². The van der Waals surface area contributed by atoms with Gasteiger partial charge in [0.25, 0.3) is 0 Å². The van der Waals surface area contributed by atoms with E-state index in [0.29, 0.717) is 18.3 Å². The molecule has 0 heterocycles. The minimum atomic E-state index is -0.215. The molecule has 1 fully saturated rings. The second kappa shape index (κ2) is 6.86. The first-order valence-electron chi connectivity index (χ1n) is 6.36. The van der Waals surface area contributed by atoms with Crippen molar-refractivity contribution in [2.24, 2.45) is 17.7 Å². The van der Waals surface area contributed by atoms with Gasteiger partial charge in [0.15, 0.2) is 0 Å². The molecule has 0 aromatic heterocycles. The van der Waals surface area contributed by atoms with Gasteiger partial charge in [-0.3, -0.25) is 10.2 Å². The number of unbranched alkanes of at least 4 members (excludes halogenated alkanes) is 2. The van der Waals surface area contributed by atoms with Crippen molar-refractivity contribution in [3.63, 3.8) is 0 Å². The van der Waals surface area contributed by atoms with E-state index in [9.17, 15) is 9.90 Å². The molecule has 1 saturated carbocycles. The zero-order valence-electron chi connectivity index (χ0n) is 10.1. The Labute approximate surface area is 97.6 Å². The molecule has 0 spiro atoms. The lowest BCUT2D eigenvalue weighted by molar-refractivity contribution is -0.122. The van der Waals surface area contributed by atoms with E-state index in [1.807, 2.05) is 0 Å². The van der Waals surface area contributed by atoms with E-state index < -0.39 is 0 Å². The smallest absolute Gasteiger partial charge is 0.234 e. The van der Waals surface area contributed by atoms with Gasteiger partial charge in [0.05, 0.1) is 6.10 Å². The number of carbonyl (C=O) groups is 1. The molecule has 1 aliphatic rings. The first-order valence-corrected chi connectivity index (χ1v) is 6.36. The largest absolute Gasteiger partial charge is 0.393 e. The summed E-state index contributed by atoms with van der Waals surface area (Å²) in [6, 6.07) is 0. The minimum Gasteiger partial charge on any atom is -0.393 e. The van der Waals surface area contributed by atoms with Gasteiger partial charge in [0.1, 0.15) is 0 Å². The number of aliphatic hydroxyl groups excluding tert-OH is 1. The Balaban J connectivity index is 2.39. The second-order valence-electron chi connectivity index (χ2n) is 4.84. The second-order valence-corrected chi connectivity index (χ2v) is 4.84. The topological polar surface area (TPSA) is 75.4 Å². The van der Waals surface area contributed by atoms with E-state index in [0.717, 1.165) is 25.7 Å². The first-order chi connectivity index (χ1) is 7.69. The highest BCUT2D eigenvalue weighted by Crippen LogP contribution is 2.37. The molecule has 1 aliphatic carbocycles. The van der Waals surface area contributed by atoms with Gasteiger partial charge in [-0.2, -0.15) is 0 Å². The number of rotatable bonds is 6. The summed E-state index contributed by atoms with van der Waals surface area (Å²) in [6.07, 6.45) is 6.62. The van der Waals surface area contributed by atoms with Crippen molar-refractivity contribution in [1.82, 2.24) is 5.43 Å². The fourth-order valence-electron chi connectivity index (χ4n) is 2.74. The number of nitrogens with one attached hydrogen (secondary N) is 1. The summed E-state index contributed by atoms with van der Waals surface area (Å²) in [5.41, 5.74) is 2.17. The average molecular weight is 228 g/mol. The van der Waals surface area contributed by atoms with Gasteiger partial charge in [-0.15, -0.1) is 0 Å². The van der Waals surface area contributed by atoms with E-state index in [4.69, 9.17) is 5.84 Å². The molecule has 4 N–H and O–H groups in total. The lowest BCUT2D eigenvalue weighted by atomic mass is 9.87. The molecule has 16 heavy (non-hydrogen) atoms. The fourth-order valence-corrected chi connectivity index (χ4v) is 2.74. The molecular weight excluding hydrogens is 204 g/mol. The molecule has 0 bridgehead atoms. The lowest BCUT2D eigenvalue weighted by Gasteiger charge is -2.21. The van der Waals surface area contributed by atoms with Crippen LogP contribution in [0, 0.1) is 11.8 Å². The summed E-state index contributed by atoms with van der Waals surface area (Å²) in [4.78, 5) is 11.2. The molecule has 0 saturated heterocycles. The Hall–Kier alpha value is -0.610. The van der Waals surface area contributed by atoms with Gasteiger partial charge in [0, 0.05) is 6.42 Å². The van der Waals surface area contributed by atoms with Gasteiger partial charge in [-0.05, 0) is 31.1 Å². The maximum Gasteiger partial charge on any atom is 0.234 e. The number of carbonyl (C=O) groups excluding carboxylic acids is 1. The third kappa shape index (κ3) is 3.76. The van der Waals surface area contributed by atoms with Crippen LogP contribution in [0.2, 0.25) is 0 Å². The van der Waals surface area contributed by atoms with Gasteiger partial charge < -0.3 is 5.11 Å². The Kier molecular flexibility index (Phi) is 5.77. The standard InChI is InChI=1S/C12H24N2O2/c1-2-3-4-5-10-9(6-7-11(10)15)8-12(16)14-13/h9-11,15H,2-8,13H2,1H3,(H,14,16)/t9-,10+,11-/m1/s1. The van der Waals surface area contributed by atoms with Crippen LogP contribution < -0.4 is 11.3 Å². The maximum absolute atomic E-state index is 11.2. The molecule has 1 rings (SSSR count). The van der Waals surface area contributed by atoms with Crippen LogP contribution in [0.15, 0.2) is 0 Å². The average Bonchev–Trinajstić information content (AvgIpc) is 2.61. The van der Waals surface area contributed by atoms with Crippen LogP contribution in [0.1, 0.15) is 51.9 Å². The van der Waals surface area contributed by atoms with Crippen molar-refractivity contribution in [3.8, 4) is 0 Å². The van der Waals surface area contributed by atoms with E-state index in [-0.39, 0.29) is 12.0 Å². The zero-order chi connectivity index (χ0) is 12.0. The quantitative estimate of drug-likeness (QED) is 0.278. The molecule has 0 aromatic rings. The number of hydrogen-bond acceptors (Lipinski definition) is 3. The van der Waals surface area contributed by atoms with E-state index in [1.165, 1.54) is 12.8 Å². The molecule has 3 atom stereocenters. The van der Waals surface area contributed by atoms with Crippen molar-refractivity contribution < 1.29 is 9.90 Å². The summed E-state index contributed by atoms with van der Waals surface area (Å²) in [7, 11) is 0. The van der Waals surface area contributed by atoms with E-state index in [2.05, 4.69) is 12.3 Å². The molecule has 0 aromatic carbocycles. The molecule has 0 aliphatic heterocycles. The predicted molar refractivity (Wildman–Crippen MR) is 63.3 cm³/mol. The van der Waals surface area contributed by atoms with Crippen LogP contribution in [0.5, 0.6) is 0 Å². The van der Waals surface area contributed by atoms with Gasteiger partial charge in [-0.1, -0.05) is 26.2 Å². The molecule has 0 unspecified atom stereocenters. The van der Waals surface area contributed by atoms with Crippen molar-refractivity contribution in [2.45, 2.75) is 58.0 Å². The minimum absolute atomic E-state index is 0.111. The monoisotopic (exact) mass is 228 g/mol. The molecule has 0 radical (unpaired) electrons. The molecule has 4 heteroatoms. The van der Waals surface area contributed by atoms with Crippen molar-refractivity contribution >= 4 is 5.91 Å². The SMILES string of the molecule is CCCCC[C@H]1[C@@H](CC(=O)NN)CC[C@H]1O. The summed E-state index contributed by atoms with van der Waals surface area (Å²) in [5.74, 6) is 5.59. The number of hydrogen-bond donors (Lipinski definition) is 3. The zero-order valence-corrected chi connectivity index (χ0v) is 10.1. The molecule has 1 amide bonds. The van der Waals surface area contributed by atoms with E-state index >= 15 is 0 Å².